The van der Waals surface area contributed by atoms with Gasteiger partial charge in [0, 0.05) is 19.6 Å². The van der Waals surface area contributed by atoms with Crippen LogP contribution in [0.5, 0.6) is 0 Å². The zero-order valence-electron chi connectivity index (χ0n) is 7.90. The molecule has 0 atom stereocenters. The summed E-state index contributed by atoms with van der Waals surface area (Å²) in [5.41, 5.74) is 5.68. The van der Waals surface area contributed by atoms with Crippen molar-refractivity contribution in [3.63, 3.8) is 0 Å². The van der Waals surface area contributed by atoms with Gasteiger partial charge < -0.3 is 10.6 Å². The molecule has 1 aromatic heterocycles. The van der Waals surface area contributed by atoms with Crippen molar-refractivity contribution >= 4 is 11.9 Å². The number of anilines is 2. The Bertz CT molecular complexity index is 287. The smallest absolute Gasteiger partial charge is 0.246 e. The number of rotatable bonds is 2. The van der Waals surface area contributed by atoms with E-state index in [1.807, 2.05) is 6.92 Å². The third-order valence-electron chi connectivity index (χ3n) is 2.38. The number of nitrogens with two attached hydrogens (primary N) is 1. The predicted molar refractivity (Wildman–Crippen MR) is 51.6 cm³/mol. The van der Waals surface area contributed by atoms with Gasteiger partial charge in [-0.3, -0.25) is 0 Å². The summed E-state index contributed by atoms with van der Waals surface area (Å²) in [6, 6.07) is 0. The Morgan fingerprint density at radius 3 is 2.62 bits per heavy atom. The van der Waals surface area contributed by atoms with E-state index >= 15 is 0 Å². The van der Waals surface area contributed by atoms with Crippen LogP contribution in [-0.2, 0) is 6.54 Å². The van der Waals surface area contributed by atoms with Gasteiger partial charge in [0.05, 0.1) is 0 Å². The van der Waals surface area contributed by atoms with Crippen LogP contribution in [0.2, 0.25) is 0 Å². The number of hydrogen-bond acceptors (Lipinski definition) is 4. The van der Waals surface area contributed by atoms with Crippen molar-refractivity contribution in [2.45, 2.75) is 26.3 Å². The molecule has 2 rings (SSSR count). The first-order valence-corrected chi connectivity index (χ1v) is 4.76. The van der Waals surface area contributed by atoms with Crippen molar-refractivity contribution in [1.29, 1.82) is 0 Å². The van der Waals surface area contributed by atoms with Crippen molar-refractivity contribution < 1.29 is 0 Å². The minimum atomic E-state index is 0.518. The van der Waals surface area contributed by atoms with E-state index in [4.69, 9.17) is 5.73 Å². The summed E-state index contributed by atoms with van der Waals surface area (Å²) in [5.74, 6) is 1.31. The second kappa shape index (κ2) is 3.24. The zero-order chi connectivity index (χ0) is 9.26. The van der Waals surface area contributed by atoms with Crippen LogP contribution >= 0.6 is 0 Å². The van der Waals surface area contributed by atoms with E-state index in [1.54, 1.807) is 4.68 Å². The van der Waals surface area contributed by atoms with Crippen LogP contribution in [0.25, 0.3) is 0 Å². The monoisotopic (exact) mass is 181 g/mol. The van der Waals surface area contributed by atoms with Gasteiger partial charge in [0.2, 0.25) is 11.9 Å². The maximum absolute atomic E-state index is 5.68. The summed E-state index contributed by atoms with van der Waals surface area (Å²) in [6.45, 7) is 4.92. The molecule has 0 saturated carbocycles. The topological polar surface area (TPSA) is 60.0 Å². The fourth-order valence-electron chi connectivity index (χ4n) is 1.63. The molecule has 1 aliphatic rings. The highest BCUT2D eigenvalue weighted by Gasteiger charge is 2.17. The molecule has 72 valence electrons. The second-order valence-corrected chi connectivity index (χ2v) is 3.28. The van der Waals surface area contributed by atoms with Crippen LogP contribution < -0.4 is 10.6 Å². The van der Waals surface area contributed by atoms with E-state index in [9.17, 15) is 0 Å². The fourth-order valence-corrected chi connectivity index (χ4v) is 1.63. The molecule has 1 saturated heterocycles. The summed E-state index contributed by atoms with van der Waals surface area (Å²) in [7, 11) is 0. The molecule has 0 bridgehead atoms. The molecule has 1 aliphatic heterocycles. The van der Waals surface area contributed by atoms with Gasteiger partial charge in [-0.2, -0.15) is 4.98 Å². The van der Waals surface area contributed by atoms with Crippen LogP contribution in [-0.4, -0.2) is 27.9 Å². The lowest BCUT2D eigenvalue weighted by Crippen LogP contribution is -2.19. The van der Waals surface area contributed by atoms with Crippen LogP contribution in [0.15, 0.2) is 0 Å². The van der Waals surface area contributed by atoms with E-state index in [0.29, 0.717) is 5.95 Å². The molecular formula is C8H15N5. The van der Waals surface area contributed by atoms with E-state index in [2.05, 4.69) is 15.0 Å². The van der Waals surface area contributed by atoms with Crippen molar-refractivity contribution in [3.05, 3.63) is 0 Å². The standard InChI is InChI=1S/C8H15N5/c1-2-13-7(9)10-8(11-13)12-5-3-4-6-12/h2-6H2,1H3,(H2,9,10,11). The molecule has 0 amide bonds. The number of aryl methyl sites for hydroxylation is 1. The van der Waals surface area contributed by atoms with Crippen molar-refractivity contribution in [1.82, 2.24) is 14.8 Å². The molecule has 2 heterocycles. The third kappa shape index (κ3) is 1.46. The minimum Gasteiger partial charge on any atom is -0.368 e. The highest BCUT2D eigenvalue weighted by molar-refractivity contribution is 5.35. The van der Waals surface area contributed by atoms with Gasteiger partial charge in [0.25, 0.3) is 0 Å². The molecule has 1 fully saturated rings. The summed E-state index contributed by atoms with van der Waals surface area (Å²) in [4.78, 5) is 6.40. The summed E-state index contributed by atoms with van der Waals surface area (Å²) < 4.78 is 1.73. The average molecular weight is 181 g/mol. The van der Waals surface area contributed by atoms with Crippen LogP contribution in [0.4, 0.5) is 11.9 Å². The average Bonchev–Trinajstić information content (AvgIpc) is 2.71. The lowest BCUT2D eigenvalue weighted by Gasteiger charge is -2.10. The van der Waals surface area contributed by atoms with Gasteiger partial charge in [0.1, 0.15) is 0 Å². The molecule has 2 N–H and O–H groups in total. The molecule has 0 unspecified atom stereocenters. The van der Waals surface area contributed by atoms with Crippen LogP contribution in [0.1, 0.15) is 19.8 Å². The van der Waals surface area contributed by atoms with Gasteiger partial charge >= 0.3 is 0 Å². The lowest BCUT2D eigenvalue weighted by atomic mass is 10.4. The Morgan fingerprint density at radius 2 is 2.08 bits per heavy atom. The molecule has 13 heavy (non-hydrogen) atoms. The maximum atomic E-state index is 5.68. The van der Waals surface area contributed by atoms with Crippen molar-refractivity contribution in [2.75, 3.05) is 23.7 Å². The number of nitrogen functional groups attached to an aromatic ring is 1. The molecule has 5 heteroatoms. The van der Waals surface area contributed by atoms with Gasteiger partial charge in [-0.1, -0.05) is 0 Å². The Labute approximate surface area is 77.5 Å². The molecule has 0 aliphatic carbocycles. The molecule has 1 aromatic rings. The minimum absolute atomic E-state index is 0.518. The highest BCUT2D eigenvalue weighted by atomic mass is 15.4. The Morgan fingerprint density at radius 1 is 1.38 bits per heavy atom. The molecule has 0 aromatic carbocycles. The number of nitrogens with zero attached hydrogens (tertiary/aromatic N) is 4. The second-order valence-electron chi connectivity index (χ2n) is 3.28. The van der Waals surface area contributed by atoms with E-state index in [1.165, 1.54) is 12.8 Å². The Hall–Kier alpha value is -1.26. The van der Waals surface area contributed by atoms with Crippen molar-refractivity contribution in [3.8, 4) is 0 Å². The molecule has 0 radical (unpaired) electrons. The summed E-state index contributed by atoms with van der Waals surface area (Å²) in [5, 5.41) is 4.32. The van der Waals surface area contributed by atoms with Crippen LogP contribution in [0.3, 0.4) is 0 Å². The van der Waals surface area contributed by atoms with Gasteiger partial charge in [-0.15, -0.1) is 5.10 Å². The molecular weight excluding hydrogens is 166 g/mol. The summed E-state index contributed by atoms with van der Waals surface area (Å²) in [6.07, 6.45) is 2.47. The fraction of sp³-hybridized carbons (Fsp3) is 0.750. The van der Waals surface area contributed by atoms with Crippen molar-refractivity contribution in [2.24, 2.45) is 0 Å². The zero-order valence-corrected chi connectivity index (χ0v) is 7.90. The Kier molecular flexibility index (Phi) is 2.08. The quantitative estimate of drug-likeness (QED) is 0.721. The predicted octanol–water partition coefficient (Wildman–Crippen LogP) is 0.480. The van der Waals surface area contributed by atoms with E-state index in [0.717, 1.165) is 25.6 Å². The maximum Gasteiger partial charge on any atom is 0.246 e. The molecule has 5 nitrogen and oxygen atoms in total. The van der Waals surface area contributed by atoms with Crippen LogP contribution in [0, 0.1) is 0 Å². The van der Waals surface area contributed by atoms with Gasteiger partial charge in [-0.05, 0) is 19.8 Å². The van der Waals surface area contributed by atoms with Gasteiger partial charge in [0.15, 0.2) is 0 Å². The van der Waals surface area contributed by atoms with Gasteiger partial charge in [-0.25, -0.2) is 4.68 Å². The first kappa shape index (κ1) is 8.34. The molecule has 0 spiro atoms. The first-order valence-electron chi connectivity index (χ1n) is 4.76. The van der Waals surface area contributed by atoms with E-state index in [-0.39, 0.29) is 0 Å². The lowest BCUT2D eigenvalue weighted by molar-refractivity contribution is 0.665. The largest absolute Gasteiger partial charge is 0.368 e. The summed E-state index contributed by atoms with van der Waals surface area (Å²) >= 11 is 0. The normalized spacial score (nSPS) is 16.8. The third-order valence-corrected chi connectivity index (χ3v) is 2.38. The Balaban J connectivity index is 2.20. The SMILES string of the molecule is CCn1nc(N2CCCC2)nc1N. The highest BCUT2D eigenvalue weighted by Crippen LogP contribution is 2.16. The number of hydrogen-bond donors (Lipinski definition) is 1. The first-order chi connectivity index (χ1) is 6.31. The number of aromatic nitrogens is 3. The van der Waals surface area contributed by atoms with E-state index < -0.39 is 0 Å².